The van der Waals surface area contributed by atoms with Crippen molar-refractivity contribution in [1.29, 1.82) is 0 Å². The van der Waals surface area contributed by atoms with Gasteiger partial charge in [-0.3, -0.25) is 4.79 Å². The van der Waals surface area contributed by atoms with Gasteiger partial charge in [-0.05, 0) is 55.5 Å². The molecule has 0 atom stereocenters. The van der Waals surface area contributed by atoms with Gasteiger partial charge in [0.2, 0.25) is 10.0 Å². The van der Waals surface area contributed by atoms with E-state index >= 15 is 0 Å². The zero-order chi connectivity index (χ0) is 22.3. The van der Waals surface area contributed by atoms with Gasteiger partial charge in [0.15, 0.2) is 0 Å². The highest BCUT2D eigenvalue weighted by atomic mass is 32.2. The van der Waals surface area contributed by atoms with Crippen molar-refractivity contribution in [2.75, 3.05) is 57.1 Å². The number of rotatable bonds is 9. The summed E-state index contributed by atoms with van der Waals surface area (Å²) in [4.78, 5) is 14.4. The molecule has 0 unspecified atom stereocenters. The van der Waals surface area contributed by atoms with Crippen LogP contribution in [-0.4, -0.2) is 70.8 Å². The van der Waals surface area contributed by atoms with E-state index in [1.807, 2.05) is 31.2 Å². The first-order chi connectivity index (χ1) is 14.9. The third kappa shape index (κ3) is 6.11. The van der Waals surface area contributed by atoms with Gasteiger partial charge in [0.05, 0.1) is 19.5 Å². The molecular formula is C22H29N3O5S. The number of hydrogen-bond donors (Lipinski definition) is 1. The Hall–Kier alpha value is -2.78. The third-order valence-electron chi connectivity index (χ3n) is 5.14. The molecule has 0 spiro atoms. The maximum Gasteiger partial charge on any atom is 0.251 e. The second-order valence-electron chi connectivity index (χ2n) is 7.11. The van der Waals surface area contributed by atoms with Gasteiger partial charge in [0.25, 0.3) is 5.91 Å². The summed E-state index contributed by atoms with van der Waals surface area (Å²) in [6, 6.07) is 14.5. The molecule has 2 aromatic carbocycles. The number of anilines is 1. The molecule has 3 rings (SSSR count). The van der Waals surface area contributed by atoms with Gasteiger partial charge in [0.1, 0.15) is 11.5 Å². The van der Waals surface area contributed by atoms with Crippen LogP contribution in [0.4, 0.5) is 5.69 Å². The minimum atomic E-state index is -3.44. The minimum Gasteiger partial charge on any atom is -0.497 e. The van der Waals surface area contributed by atoms with Crippen LogP contribution in [0.15, 0.2) is 48.5 Å². The second-order valence-corrected chi connectivity index (χ2v) is 9.20. The van der Waals surface area contributed by atoms with Crippen LogP contribution in [0.5, 0.6) is 11.5 Å². The SMILES string of the molecule is CCOc1ccc(C(=O)NCCS(=O)(=O)N2CCN(c3ccc(OC)cc3)CC2)cc1. The Labute approximate surface area is 183 Å². The largest absolute Gasteiger partial charge is 0.497 e. The molecule has 0 bridgehead atoms. The Kier molecular flexibility index (Phi) is 7.75. The first-order valence-electron chi connectivity index (χ1n) is 10.3. The Morgan fingerprint density at radius 2 is 1.58 bits per heavy atom. The average molecular weight is 448 g/mol. The number of piperazine rings is 1. The van der Waals surface area contributed by atoms with Gasteiger partial charge in [-0.2, -0.15) is 4.31 Å². The molecule has 1 saturated heterocycles. The van der Waals surface area contributed by atoms with Gasteiger partial charge in [-0.25, -0.2) is 8.42 Å². The lowest BCUT2D eigenvalue weighted by molar-refractivity contribution is 0.0956. The summed E-state index contributed by atoms with van der Waals surface area (Å²) < 4.78 is 37.4. The molecule has 1 fully saturated rings. The highest BCUT2D eigenvalue weighted by Crippen LogP contribution is 2.21. The van der Waals surface area contributed by atoms with E-state index < -0.39 is 10.0 Å². The number of carbonyl (C=O) groups excluding carboxylic acids is 1. The van der Waals surface area contributed by atoms with Gasteiger partial charge >= 0.3 is 0 Å². The molecule has 168 valence electrons. The van der Waals surface area contributed by atoms with Crippen molar-refractivity contribution in [3.05, 3.63) is 54.1 Å². The van der Waals surface area contributed by atoms with Crippen LogP contribution >= 0.6 is 0 Å². The molecule has 1 amide bonds. The van der Waals surface area contributed by atoms with E-state index in [0.717, 1.165) is 11.4 Å². The van der Waals surface area contributed by atoms with Gasteiger partial charge < -0.3 is 19.7 Å². The summed E-state index contributed by atoms with van der Waals surface area (Å²) in [5.41, 5.74) is 1.51. The van der Waals surface area contributed by atoms with E-state index in [1.165, 1.54) is 4.31 Å². The number of carbonyl (C=O) groups is 1. The normalized spacial score (nSPS) is 14.8. The molecule has 9 heteroatoms. The van der Waals surface area contributed by atoms with Crippen LogP contribution in [0.3, 0.4) is 0 Å². The summed E-state index contributed by atoms with van der Waals surface area (Å²) in [5, 5.41) is 2.68. The first-order valence-corrected chi connectivity index (χ1v) is 11.9. The van der Waals surface area contributed by atoms with Crippen LogP contribution in [0.1, 0.15) is 17.3 Å². The van der Waals surface area contributed by atoms with Crippen molar-refractivity contribution >= 4 is 21.6 Å². The van der Waals surface area contributed by atoms with E-state index in [1.54, 1.807) is 31.4 Å². The Bertz CT molecular complexity index is 954. The molecule has 1 aliphatic rings. The van der Waals surface area contributed by atoms with Crippen LogP contribution in [0.25, 0.3) is 0 Å². The van der Waals surface area contributed by atoms with Crippen molar-refractivity contribution in [2.45, 2.75) is 6.92 Å². The van der Waals surface area contributed by atoms with Crippen LogP contribution in [-0.2, 0) is 10.0 Å². The molecule has 2 aromatic rings. The molecule has 0 aromatic heterocycles. The molecule has 31 heavy (non-hydrogen) atoms. The topological polar surface area (TPSA) is 88.2 Å². The smallest absolute Gasteiger partial charge is 0.251 e. The highest BCUT2D eigenvalue weighted by molar-refractivity contribution is 7.89. The number of hydrogen-bond acceptors (Lipinski definition) is 6. The van der Waals surface area contributed by atoms with Crippen LogP contribution < -0.4 is 19.7 Å². The lowest BCUT2D eigenvalue weighted by Gasteiger charge is -2.35. The molecule has 8 nitrogen and oxygen atoms in total. The summed E-state index contributed by atoms with van der Waals surface area (Å²) in [6.07, 6.45) is 0. The first kappa shape index (κ1) is 22.9. The number of nitrogens with zero attached hydrogens (tertiary/aromatic N) is 2. The predicted octanol–water partition coefficient (Wildman–Crippen LogP) is 1.98. The Morgan fingerprint density at radius 1 is 0.968 bits per heavy atom. The van der Waals surface area contributed by atoms with E-state index in [4.69, 9.17) is 9.47 Å². The maximum absolute atomic E-state index is 12.7. The summed E-state index contributed by atoms with van der Waals surface area (Å²) >= 11 is 0. The number of ether oxygens (including phenoxy) is 2. The van der Waals surface area contributed by atoms with E-state index in [9.17, 15) is 13.2 Å². The molecule has 0 saturated carbocycles. The van der Waals surface area contributed by atoms with Crippen molar-refractivity contribution in [2.24, 2.45) is 0 Å². The van der Waals surface area contributed by atoms with Gasteiger partial charge in [-0.1, -0.05) is 0 Å². The average Bonchev–Trinajstić information content (AvgIpc) is 2.80. The highest BCUT2D eigenvalue weighted by Gasteiger charge is 2.27. The molecule has 1 N–H and O–H groups in total. The third-order valence-corrected chi connectivity index (χ3v) is 7.01. The Balaban J connectivity index is 1.46. The molecule has 0 aliphatic carbocycles. The molecular weight excluding hydrogens is 418 g/mol. The summed E-state index contributed by atoms with van der Waals surface area (Å²) in [7, 11) is -1.82. The predicted molar refractivity (Wildman–Crippen MR) is 121 cm³/mol. The summed E-state index contributed by atoms with van der Waals surface area (Å²) in [5.74, 6) is 1.05. The maximum atomic E-state index is 12.7. The van der Waals surface area contributed by atoms with Crippen molar-refractivity contribution < 1.29 is 22.7 Å². The molecule has 0 radical (unpaired) electrons. The summed E-state index contributed by atoms with van der Waals surface area (Å²) in [6.45, 7) is 4.57. The van der Waals surface area contributed by atoms with Crippen LogP contribution in [0, 0.1) is 0 Å². The number of amides is 1. The van der Waals surface area contributed by atoms with E-state index in [-0.39, 0.29) is 18.2 Å². The van der Waals surface area contributed by atoms with Crippen molar-refractivity contribution in [3.63, 3.8) is 0 Å². The second kappa shape index (κ2) is 10.5. The fourth-order valence-corrected chi connectivity index (χ4v) is 4.75. The Morgan fingerprint density at radius 3 is 2.16 bits per heavy atom. The lowest BCUT2D eigenvalue weighted by Crippen LogP contribution is -2.50. The molecule has 1 heterocycles. The number of sulfonamides is 1. The fraction of sp³-hybridized carbons (Fsp3) is 0.409. The van der Waals surface area contributed by atoms with Crippen molar-refractivity contribution in [1.82, 2.24) is 9.62 Å². The minimum absolute atomic E-state index is 0.0626. The fourth-order valence-electron chi connectivity index (χ4n) is 3.41. The van der Waals surface area contributed by atoms with E-state index in [2.05, 4.69) is 10.2 Å². The zero-order valence-electron chi connectivity index (χ0n) is 17.9. The zero-order valence-corrected chi connectivity index (χ0v) is 18.7. The molecule has 1 aliphatic heterocycles. The number of benzene rings is 2. The number of methoxy groups -OCH3 is 1. The lowest BCUT2D eigenvalue weighted by atomic mass is 10.2. The quantitative estimate of drug-likeness (QED) is 0.632. The monoisotopic (exact) mass is 447 g/mol. The number of nitrogens with one attached hydrogen (secondary N) is 1. The van der Waals surface area contributed by atoms with Crippen molar-refractivity contribution in [3.8, 4) is 11.5 Å². The van der Waals surface area contributed by atoms with E-state index in [0.29, 0.717) is 44.1 Å². The van der Waals surface area contributed by atoms with Gasteiger partial charge in [-0.15, -0.1) is 0 Å². The standard InChI is InChI=1S/C22H29N3O5S/c1-3-30-21-8-4-18(5-9-21)22(26)23-12-17-31(27,28)25-15-13-24(14-16-25)19-6-10-20(29-2)11-7-19/h4-11H,3,12-17H2,1-2H3,(H,23,26). The van der Waals surface area contributed by atoms with Gasteiger partial charge in [0, 0.05) is 44.0 Å². The van der Waals surface area contributed by atoms with Crippen LogP contribution in [0.2, 0.25) is 0 Å².